The Bertz CT molecular complexity index is 1770. The molecule has 0 unspecified atom stereocenters. The van der Waals surface area contributed by atoms with Crippen LogP contribution in [0.15, 0.2) is 71.3 Å². The van der Waals surface area contributed by atoms with E-state index in [1.54, 1.807) is 4.90 Å². The summed E-state index contributed by atoms with van der Waals surface area (Å²) in [6.07, 6.45) is -1.38. The van der Waals surface area contributed by atoms with E-state index in [0.717, 1.165) is 35.2 Å². The van der Waals surface area contributed by atoms with E-state index in [0.29, 0.717) is 67.5 Å². The van der Waals surface area contributed by atoms with Gasteiger partial charge in [-0.1, -0.05) is 67.0 Å². The van der Waals surface area contributed by atoms with Gasteiger partial charge in [-0.3, -0.25) is 0 Å². The van der Waals surface area contributed by atoms with Gasteiger partial charge in [0.25, 0.3) is 5.71 Å². The molecule has 11 heteroatoms. The number of aromatic nitrogens is 3. The highest BCUT2D eigenvalue weighted by Crippen LogP contribution is 2.36. The smallest absolute Gasteiger partial charge is 0.354 e. The van der Waals surface area contributed by atoms with E-state index >= 15 is 0 Å². The normalized spacial score (nSPS) is 14.3. The van der Waals surface area contributed by atoms with Crippen LogP contribution < -0.4 is 10.2 Å². The molecule has 43 heavy (non-hydrogen) atoms. The van der Waals surface area contributed by atoms with E-state index in [-0.39, 0.29) is 5.69 Å². The molecule has 3 heterocycles. The maximum Gasteiger partial charge on any atom is 0.418 e. The third-order valence-corrected chi connectivity index (χ3v) is 7.70. The third kappa shape index (κ3) is 5.97. The van der Waals surface area contributed by atoms with Gasteiger partial charge in [-0.2, -0.15) is 18.2 Å². The molecule has 6 rings (SSSR count). The van der Waals surface area contributed by atoms with E-state index < -0.39 is 17.8 Å². The third-order valence-electron chi connectivity index (χ3n) is 7.70. The van der Waals surface area contributed by atoms with Gasteiger partial charge in [0.05, 0.1) is 11.3 Å². The summed E-state index contributed by atoms with van der Waals surface area (Å²) in [5.74, 6) is 1.35. The first-order chi connectivity index (χ1) is 20.8. The van der Waals surface area contributed by atoms with Crippen molar-refractivity contribution in [3.63, 3.8) is 0 Å². The average Bonchev–Trinajstić information content (AvgIpc) is 3.27. The Labute approximate surface area is 246 Å². The number of nitrogens with zero attached hydrogens (tertiary/aromatic N) is 5. The Hall–Kier alpha value is -4.67. The number of urea groups is 1. The average molecular weight is 589 g/mol. The van der Waals surface area contributed by atoms with Crippen LogP contribution in [0.3, 0.4) is 0 Å². The van der Waals surface area contributed by atoms with Crippen LogP contribution in [0.4, 0.5) is 29.5 Å². The van der Waals surface area contributed by atoms with Crippen molar-refractivity contribution < 1.29 is 22.5 Å². The Balaban J connectivity index is 1.30. The fourth-order valence-corrected chi connectivity index (χ4v) is 5.45. The molecule has 1 N–H and O–H groups in total. The number of rotatable bonds is 6. The van der Waals surface area contributed by atoms with Gasteiger partial charge < -0.3 is 19.6 Å². The molecular weight excluding hydrogens is 557 g/mol. The summed E-state index contributed by atoms with van der Waals surface area (Å²) in [6.45, 7) is 3.80. The highest BCUT2D eigenvalue weighted by atomic mass is 19.4. The molecule has 0 radical (unpaired) electrons. The van der Waals surface area contributed by atoms with Crippen molar-refractivity contribution in [3.05, 3.63) is 78.1 Å². The van der Waals surface area contributed by atoms with Gasteiger partial charge in [0, 0.05) is 38.2 Å². The lowest BCUT2D eigenvalue weighted by atomic mass is 10.0. The highest BCUT2D eigenvalue weighted by Gasteiger charge is 2.34. The SMILES string of the molecule is CCCCc1nc(N2CCCN(C(=O)Nc3ccccc3C(F)(F)F)CC2)c2c(-c3ccc4ccccc4c3)noc2n1. The number of aryl methyl sites for hydroxylation is 1. The van der Waals surface area contributed by atoms with Gasteiger partial charge in [0.1, 0.15) is 22.7 Å². The molecule has 222 valence electrons. The van der Waals surface area contributed by atoms with E-state index in [9.17, 15) is 18.0 Å². The molecule has 1 aliphatic heterocycles. The molecule has 3 aromatic carbocycles. The van der Waals surface area contributed by atoms with Gasteiger partial charge >= 0.3 is 12.2 Å². The summed E-state index contributed by atoms with van der Waals surface area (Å²) in [7, 11) is 0. The molecule has 8 nitrogen and oxygen atoms in total. The number of hydrogen-bond acceptors (Lipinski definition) is 6. The Kier molecular flexibility index (Phi) is 7.88. The number of fused-ring (bicyclic) bond motifs is 2. The van der Waals surface area contributed by atoms with Crippen molar-refractivity contribution in [2.24, 2.45) is 0 Å². The van der Waals surface area contributed by atoms with E-state index in [2.05, 4.69) is 39.4 Å². The van der Waals surface area contributed by atoms with Crippen molar-refractivity contribution in [3.8, 4) is 11.3 Å². The van der Waals surface area contributed by atoms with Gasteiger partial charge in [-0.15, -0.1) is 0 Å². The number of carbonyl (C=O) groups excluding carboxylic acids is 1. The topological polar surface area (TPSA) is 87.4 Å². The number of unbranched alkanes of at least 4 members (excludes halogenated alkanes) is 1. The highest BCUT2D eigenvalue weighted by molar-refractivity contribution is 6.00. The van der Waals surface area contributed by atoms with Crippen LogP contribution in [0.1, 0.15) is 37.6 Å². The second-order valence-electron chi connectivity index (χ2n) is 10.6. The van der Waals surface area contributed by atoms with E-state index in [4.69, 9.17) is 9.51 Å². The van der Waals surface area contributed by atoms with Gasteiger partial charge in [-0.25, -0.2) is 9.78 Å². The van der Waals surface area contributed by atoms with Gasteiger partial charge in [0.15, 0.2) is 0 Å². The van der Waals surface area contributed by atoms with Crippen molar-refractivity contribution in [1.82, 2.24) is 20.0 Å². The minimum Gasteiger partial charge on any atom is -0.354 e. The van der Waals surface area contributed by atoms with Crippen LogP contribution in [-0.2, 0) is 12.6 Å². The minimum absolute atomic E-state index is 0.260. The molecule has 0 saturated carbocycles. The molecule has 0 aliphatic carbocycles. The fourth-order valence-electron chi connectivity index (χ4n) is 5.45. The number of alkyl halides is 3. The molecule has 5 aromatic rings. The molecule has 0 bridgehead atoms. The zero-order chi connectivity index (χ0) is 30.0. The molecule has 1 fully saturated rings. The predicted octanol–water partition coefficient (Wildman–Crippen LogP) is 7.54. The number of carbonyl (C=O) groups is 1. The Morgan fingerprint density at radius 2 is 1.74 bits per heavy atom. The molecule has 1 aliphatic rings. The Morgan fingerprint density at radius 3 is 2.56 bits per heavy atom. The lowest BCUT2D eigenvalue weighted by Crippen LogP contribution is -2.38. The van der Waals surface area contributed by atoms with E-state index in [1.165, 1.54) is 18.2 Å². The van der Waals surface area contributed by atoms with Gasteiger partial charge in [0.2, 0.25) is 0 Å². The van der Waals surface area contributed by atoms with Crippen LogP contribution >= 0.6 is 0 Å². The molecule has 2 amide bonds. The summed E-state index contributed by atoms with van der Waals surface area (Å²) >= 11 is 0. The number of nitrogens with one attached hydrogen (secondary N) is 1. The number of amides is 2. The predicted molar refractivity (Wildman–Crippen MR) is 160 cm³/mol. The number of benzene rings is 3. The van der Waals surface area contributed by atoms with Crippen molar-refractivity contribution in [2.45, 2.75) is 38.8 Å². The maximum absolute atomic E-state index is 13.5. The molecule has 0 spiro atoms. The largest absolute Gasteiger partial charge is 0.418 e. The lowest BCUT2D eigenvalue weighted by Gasteiger charge is -2.24. The monoisotopic (exact) mass is 588 g/mol. The molecule has 0 atom stereocenters. The maximum atomic E-state index is 13.5. The molecule has 2 aromatic heterocycles. The minimum atomic E-state index is -4.57. The van der Waals surface area contributed by atoms with Crippen LogP contribution in [-0.4, -0.2) is 52.2 Å². The summed E-state index contributed by atoms with van der Waals surface area (Å²) in [5, 5.41) is 9.77. The van der Waals surface area contributed by atoms with Crippen LogP contribution in [0, 0.1) is 0 Å². The lowest BCUT2D eigenvalue weighted by molar-refractivity contribution is -0.136. The summed E-state index contributed by atoms with van der Waals surface area (Å²) in [5.41, 5.74) is 0.783. The quantitative estimate of drug-likeness (QED) is 0.221. The fraction of sp³-hybridized carbons (Fsp3) is 0.312. The second-order valence-corrected chi connectivity index (χ2v) is 10.6. The number of halogens is 3. The van der Waals surface area contributed by atoms with Gasteiger partial charge in [-0.05, 0) is 41.8 Å². The first kappa shape index (κ1) is 28.4. The Morgan fingerprint density at radius 1 is 0.953 bits per heavy atom. The zero-order valence-corrected chi connectivity index (χ0v) is 23.7. The van der Waals surface area contributed by atoms with Crippen LogP contribution in [0.2, 0.25) is 0 Å². The van der Waals surface area contributed by atoms with Crippen molar-refractivity contribution in [1.29, 1.82) is 0 Å². The first-order valence-electron chi connectivity index (χ1n) is 14.4. The number of para-hydroxylation sites is 1. The van der Waals surface area contributed by atoms with Crippen LogP contribution in [0.5, 0.6) is 0 Å². The van der Waals surface area contributed by atoms with Crippen molar-refractivity contribution >= 4 is 39.4 Å². The zero-order valence-electron chi connectivity index (χ0n) is 23.7. The molecule has 1 saturated heterocycles. The summed E-state index contributed by atoms with van der Waals surface area (Å²) in [4.78, 5) is 26.4. The second kappa shape index (κ2) is 11.9. The molecular formula is C32H31F3N6O2. The first-order valence-corrected chi connectivity index (χ1v) is 14.4. The summed E-state index contributed by atoms with van der Waals surface area (Å²) < 4.78 is 46.2. The summed E-state index contributed by atoms with van der Waals surface area (Å²) in [6, 6.07) is 18.6. The standard InChI is InChI=1S/C32H31F3N6O2/c1-2-3-13-26-37-29(27-28(39-43-30(27)38-26)23-15-14-21-9-4-5-10-22(21)20-23)40-16-8-17-41(19-18-40)31(42)36-25-12-7-6-11-24(25)32(33,34)35/h4-7,9-12,14-15,20H,2-3,8,13,16-19H2,1H3,(H,36,42). The van der Waals surface area contributed by atoms with Crippen LogP contribution in [0.25, 0.3) is 33.1 Å². The number of hydrogen-bond donors (Lipinski definition) is 1. The van der Waals surface area contributed by atoms with Crippen molar-refractivity contribution in [2.75, 3.05) is 36.4 Å². The number of anilines is 2. The van der Waals surface area contributed by atoms with E-state index in [1.807, 2.05) is 30.3 Å².